The Morgan fingerprint density at radius 3 is 2.30 bits per heavy atom. The van der Waals surface area contributed by atoms with Gasteiger partial charge in [0, 0.05) is 44.1 Å². The smallest absolute Gasteiger partial charge is 0.220 e. The summed E-state index contributed by atoms with van der Waals surface area (Å²) >= 11 is 0. The highest BCUT2D eigenvalue weighted by Crippen LogP contribution is 2.14. The summed E-state index contributed by atoms with van der Waals surface area (Å²) in [5, 5.41) is 3.10. The molecule has 2 aromatic rings. The van der Waals surface area contributed by atoms with E-state index in [0.29, 0.717) is 5.56 Å². The van der Waals surface area contributed by atoms with Crippen molar-refractivity contribution in [2.24, 2.45) is 0 Å². The van der Waals surface area contributed by atoms with Gasteiger partial charge in [0.05, 0.1) is 0 Å². The van der Waals surface area contributed by atoms with Gasteiger partial charge >= 0.3 is 0 Å². The van der Waals surface area contributed by atoms with Crippen molar-refractivity contribution in [1.82, 2.24) is 10.2 Å². The van der Waals surface area contributed by atoms with Crippen molar-refractivity contribution in [3.63, 3.8) is 0 Å². The van der Waals surface area contributed by atoms with Crippen LogP contribution in [0.15, 0.2) is 54.6 Å². The van der Waals surface area contributed by atoms with Gasteiger partial charge in [0.2, 0.25) is 5.91 Å². The van der Waals surface area contributed by atoms with E-state index in [-0.39, 0.29) is 30.6 Å². The number of hydrogen-bond acceptors (Lipinski definition) is 3. The van der Waals surface area contributed by atoms with Gasteiger partial charge in [0.15, 0.2) is 5.78 Å². The molecule has 142 valence electrons. The third kappa shape index (κ3) is 6.04. The summed E-state index contributed by atoms with van der Waals surface area (Å²) in [6.45, 7) is 4.93. The minimum absolute atomic E-state index is 0.0167. The van der Waals surface area contributed by atoms with Crippen molar-refractivity contribution in [2.45, 2.75) is 45.2 Å². The minimum atomic E-state index is -0.0167. The lowest BCUT2D eigenvalue weighted by Gasteiger charge is -2.32. The summed E-state index contributed by atoms with van der Waals surface area (Å²) < 4.78 is 0. The largest absolute Gasteiger partial charge is 0.353 e. The lowest BCUT2D eigenvalue weighted by molar-refractivity contribution is -0.122. The van der Waals surface area contributed by atoms with Crippen LogP contribution >= 0.6 is 0 Å². The molecule has 0 radical (unpaired) electrons. The third-order valence-corrected chi connectivity index (χ3v) is 5.15. The zero-order valence-corrected chi connectivity index (χ0v) is 16.0. The van der Waals surface area contributed by atoms with Crippen LogP contribution < -0.4 is 5.32 Å². The predicted octanol–water partition coefficient (Wildman–Crippen LogP) is 3.74. The summed E-state index contributed by atoms with van der Waals surface area (Å²) in [6.07, 6.45) is 2.45. The number of piperidine rings is 1. The molecule has 1 aliphatic rings. The Morgan fingerprint density at radius 2 is 1.63 bits per heavy atom. The molecule has 0 aromatic heterocycles. The number of nitrogens with zero attached hydrogens (tertiary/aromatic N) is 1. The number of carbonyl (C=O) groups is 2. The minimum Gasteiger partial charge on any atom is -0.353 e. The van der Waals surface area contributed by atoms with Crippen molar-refractivity contribution >= 4 is 11.7 Å². The van der Waals surface area contributed by atoms with Crippen LogP contribution in [0.4, 0.5) is 0 Å². The second-order valence-corrected chi connectivity index (χ2v) is 7.39. The fourth-order valence-electron chi connectivity index (χ4n) is 3.49. The van der Waals surface area contributed by atoms with Crippen LogP contribution in [-0.2, 0) is 11.3 Å². The molecule has 0 aliphatic carbocycles. The Kier molecular flexibility index (Phi) is 6.77. The van der Waals surface area contributed by atoms with E-state index in [1.54, 1.807) is 0 Å². The van der Waals surface area contributed by atoms with E-state index in [0.717, 1.165) is 38.0 Å². The highest BCUT2D eigenvalue weighted by molar-refractivity contribution is 5.97. The molecule has 4 nitrogen and oxygen atoms in total. The Morgan fingerprint density at radius 1 is 0.963 bits per heavy atom. The number of hydrogen-bond donors (Lipinski definition) is 1. The van der Waals surface area contributed by atoms with Crippen LogP contribution in [0.1, 0.15) is 47.2 Å². The van der Waals surface area contributed by atoms with Crippen molar-refractivity contribution < 1.29 is 9.59 Å². The third-order valence-electron chi connectivity index (χ3n) is 5.15. The summed E-state index contributed by atoms with van der Waals surface area (Å²) in [5.74, 6) is 0.0137. The normalized spacial score (nSPS) is 15.4. The molecule has 0 spiro atoms. The summed E-state index contributed by atoms with van der Waals surface area (Å²) in [6, 6.07) is 18.2. The maximum absolute atomic E-state index is 12.2. The molecule has 2 aromatic carbocycles. The number of benzene rings is 2. The number of amides is 1. The predicted molar refractivity (Wildman–Crippen MR) is 108 cm³/mol. The molecular formula is C23H28N2O2. The first-order valence-electron chi connectivity index (χ1n) is 9.75. The summed E-state index contributed by atoms with van der Waals surface area (Å²) in [5.41, 5.74) is 3.14. The molecule has 1 aliphatic heterocycles. The molecule has 27 heavy (non-hydrogen) atoms. The number of ketones is 1. The van der Waals surface area contributed by atoms with Gasteiger partial charge in [0.25, 0.3) is 0 Å². The van der Waals surface area contributed by atoms with Gasteiger partial charge in [-0.1, -0.05) is 60.2 Å². The van der Waals surface area contributed by atoms with Gasteiger partial charge in [0.1, 0.15) is 0 Å². The Hall–Kier alpha value is -2.46. The van der Waals surface area contributed by atoms with Crippen LogP contribution in [0.5, 0.6) is 0 Å². The number of likely N-dealkylation sites (tertiary alicyclic amines) is 1. The van der Waals surface area contributed by atoms with Crippen molar-refractivity contribution in [2.75, 3.05) is 13.1 Å². The molecule has 4 heteroatoms. The molecule has 3 rings (SSSR count). The summed E-state index contributed by atoms with van der Waals surface area (Å²) in [4.78, 5) is 26.8. The monoisotopic (exact) mass is 364 g/mol. The average Bonchev–Trinajstić information content (AvgIpc) is 2.69. The molecule has 0 saturated carbocycles. The molecule has 0 bridgehead atoms. The fraction of sp³-hybridized carbons (Fsp3) is 0.391. The van der Waals surface area contributed by atoms with Crippen molar-refractivity contribution in [3.8, 4) is 0 Å². The van der Waals surface area contributed by atoms with Gasteiger partial charge in [-0.2, -0.15) is 0 Å². The van der Waals surface area contributed by atoms with Crippen LogP contribution in [0.3, 0.4) is 0 Å². The zero-order chi connectivity index (χ0) is 19.1. The number of carbonyl (C=O) groups excluding carboxylic acids is 2. The van der Waals surface area contributed by atoms with E-state index < -0.39 is 0 Å². The maximum Gasteiger partial charge on any atom is 0.220 e. The van der Waals surface area contributed by atoms with E-state index in [2.05, 4.69) is 34.5 Å². The number of Topliss-reactive ketones (excluding diaryl/α,β-unsaturated/α-hetero) is 1. The van der Waals surface area contributed by atoms with Crippen molar-refractivity contribution in [1.29, 1.82) is 0 Å². The number of rotatable bonds is 7. The quantitative estimate of drug-likeness (QED) is 0.762. The maximum atomic E-state index is 12.2. The van der Waals surface area contributed by atoms with Gasteiger partial charge in [-0.15, -0.1) is 0 Å². The summed E-state index contributed by atoms with van der Waals surface area (Å²) in [7, 11) is 0. The fourth-order valence-corrected chi connectivity index (χ4v) is 3.49. The standard InChI is InChI=1S/C23H28N2O2/c1-18-7-9-20(10-8-18)22(26)11-12-23(27)24-21-13-15-25(16-14-21)17-19-5-3-2-4-6-19/h2-10,21H,11-17H2,1H3,(H,24,27). The van der Waals surface area contributed by atoms with Gasteiger partial charge in [-0.25, -0.2) is 0 Å². The highest BCUT2D eigenvalue weighted by atomic mass is 16.2. The first kappa shape index (κ1) is 19.3. The van der Waals surface area contributed by atoms with Crippen molar-refractivity contribution in [3.05, 3.63) is 71.3 Å². The lowest BCUT2D eigenvalue weighted by atomic mass is 10.0. The van der Waals surface area contributed by atoms with Gasteiger partial charge < -0.3 is 5.32 Å². The van der Waals surface area contributed by atoms with Gasteiger partial charge in [-0.05, 0) is 25.3 Å². The molecule has 0 unspecified atom stereocenters. The first-order valence-corrected chi connectivity index (χ1v) is 9.75. The average molecular weight is 364 g/mol. The molecule has 1 fully saturated rings. The SMILES string of the molecule is Cc1ccc(C(=O)CCC(=O)NC2CCN(Cc3ccccc3)CC2)cc1. The second-order valence-electron chi connectivity index (χ2n) is 7.39. The van der Waals surface area contributed by atoms with E-state index in [4.69, 9.17) is 0 Å². The van der Waals surface area contributed by atoms with E-state index in [1.807, 2.05) is 37.3 Å². The highest BCUT2D eigenvalue weighted by Gasteiger charge is 2.21. The molecule has 1 heterocycles. The Bertz CT molecular complexity index is 748. The first-order chi connectivity index (χ1) is 13.1. The molecular weight excluding hydrogens is 336 g/mol. The lowest BCUT2D eigenvalue weighted by Crippen LogP contribution is -2.44. The second kappa shape index (κ2) is 9.47. The molecule has 0 atom stereocenters. The van der Waals surface area contributed by atoms with Crippen LogP contribution in [0.2, 0.25) is 0 Å². The van der Waals surface area contributed by atoms with E-state index in [9.17, 15) is 9.59 Å². The van der Waals surface area contributed by atoms with E-state index >= 15 is 0 Å². The Labute approximate surface area is 161 Å². The Balaban J connectivity index is 1.36. The van der Waals surface area contributed by atoms with Crippen LogP contribution in [0.25, 0.3) is 0 Å². The van der Waals surface area contributed by atoms with Crippen LogP contribution in [0, 0.1) is 6.92 Å². The molecule has 1 amide bonds. The zero-order valence-electron chi connectivity index (χ0n) is 16.0. The van der Waals surface area contributed by atoms with Gasteiger partial charge in [-0.3, -0.25) is 14.5 Å². The van der Waals surface area contributed by atoms with Crippen LogP contribution in [-0.4, -0.2) is 35.7 Å². The van der Waals surface area contributed by atoms with E-state index in [1.165, 1.54) is 5.56 Å². The number of nitrogens with one attached hydrogen (secondary N) is 1. The molecule has 1 saturated heterocycles. The number of aryl methyl sites for hydroxylation is 1. The topological polar surface area (TPSA) is 49.4 Å². The molecule has 1 N–H and O–H groups in total.